The van der Waals surface area contributed by atoms with Crippen molar-refractivity contribution in [1.29, 1.82) is 0 Å². The number of oxazole rings is 1. The molecule has 3 aromatic rings. The molecule has 0 aliphatic carbocycles. The van der Waals surface area contributed by atoms with E-state index in [1.54, 1.807) is 7.11 Å². The summed E-state index contributed by atoms with van der Waals surface area (Å²) in [6.07, 6.45) is 3.78. The standard InChI is InChI=1S/C24H30N2O3/c1-4-13-26(15-18-8-7-14-28-18)16-22-17(2)29-24(25-22)21-11-12-23(27-3)20-10-6-5-9-19(20)21/h5-6,9-12,18H,4,7-8,13-16H2,1-3H3/t18-/m1/s1. The Balaban J connectivity index is 1.61. The number of aryl methyl sites for hydroxylation is 1. The van der Waals surface area contributed by atoms with Gasteiger partial charge in [-0.05, 0) is 50.2 Å². The van der Waals surface area contributed by atoms with Crippen LogP contribution < -0.4 is 4.74 Å². The SMILES string of the molecule is CCCN(Cc1nc(-c2ccc(OC)c3ccccc23)oc1C)C[C@H]1CCCO1. The van der Waals surface area contributed by atoms with Gasteiger partial charge >= 0.3 is 0 Å². The van der Waals surface area contributed by atoms with E-state index in [2.05, 4.69) is 24.0 Å². The summed E-state index contributed by atoms with van der Waals surface area (Å²) < 4.78 is 17.5. The van der Waals surface area contributed by atoms with E-state index < -0.39 is 0 Å². The Hall–Kier alpha value is -2.37. The average molecular weight is 395 g/mol. The Bertz CT molecular complexity index is 960. The van der Waals surface area contributed by atoms with Crippen molar-refractivity contribution in [3.05, 3.63) is 47.9 Å². The normalized spacial score (nSPS) is 16.8. The van der Waals surface area contributed by atoms with Gasteiger partial charge in [0.1, 0.15) is 11.5 Å². The van der Waals surface area contributed by atoms with E-state index in [4.69, 9.17) is 18.9 Å². The lowest BCUT2D eigenvalue weighted by Crippen LogP contribution is -2.32. The van der Waals surface area contributed by atoms with Crippen LogP contribution in [0.2, 0.25) is 0 Å². The largest absolute Gasteiger partial charge is 0.496 e. The summed E-state index contributed by atoms with van der Waals surface area (Å²) in [7, 11) is 1.70. The first-order valence-corrected chi connectivity index (χ1v) is 10.6. The van der Waals surface area contributed by atoms with Gasteiger partial charge in [-0.2, -0.15) is 0 Å². The molecule has 0 saturated carbocycles. The summed E-state index contributed by atoms with van der Waals surface area (Å²) in [5, 5.41) is 2.15. The lowest BCUT2D eigenvalue weighted by atomic mass is 10.0. The fourth-order valence-electron chi connectivity index (χ4n) is 4.17. The number of methoxy groups -OCH3 is 1. The van der Waals surface area contributed by atoms with Crippen LogP contribution in [0.25, 0.3) is 22.2 Å². The highest BCUT2D eigenvalue weighted by molar-refractivity contribution is 5.98. The molecule has 1 aliphatic rings. The molecule has 1 fully saturated rings. The maximum atomic E-state index is 6.12. The van der Waals surface area contributed by atoms with Crippen LogP contribution in [0.3, 0.4) is 0 Å². The van der Waals surface area contributed by atoms with E-state index in [1.807, 2.05) is 31.2 Å². The maximum absolute atomic E-state index is 6.12. The molecular weight excluding hydrogens is 364 g/mol. The number of ether oxygens (including phenoxy) is 2. The molecule has 0 spiro atoms. The van der Waals surface area contributed by atoms with E-state index >= 15 is 0 Å². The van der Waals surface area contributed by atoms with Crippen LogP contribution in [0, 0.1) is 6.92 Å². The van der Waals surface area contributed by atoms with Crippen LogP contribution in [0.4, 0.5) is 0 Å². The summed E-state index contributed by atoms with van der Waals surface area (Å²) in [6, 6.07) is 12.2. The average Bonchev–Trinajstić information content (AvgIpc) is 3.37. The van der Waals surface area contributed by atoms with Crippen molar-refractivity contribution in [1.82, 2.24) is 9.88 Å². The highest BCUT2D eigenvalue weighted by atomic mass is 16.5. The van der Waals surface area contributed by atoms with Crippen molar-refractivity contribution < 1.29 is 13.9 Å². The van der Waals surface area contributed by atoms with Crippen molar-refractivity contribution in [2.45, 2.75) is 45.8 Å². The zero-order valence-corrected chi connectivity index (χ0v) is 17.6. The summed E-state index contributed by atoms with van der Waals surface area (Å²) in [6.45, 7) is 7.90. The molecule has 0 radical (unpaired) electrons. The van der Waals surface area contributed by atoms with Crippen molar-refractivity contribution >= 4 is 10.8 Å². The minimum absolute atomic E-state index is 0.346. The number of hydrogen-bond acceptors (Lipinski definition) is 5. The molecule has 5 heteroatoms. The first-order chi connectivity index (χ1) is 14.2. The number of benzene rings is 2. The zero-order chi connectivity index (χ0) is 20.2. The Morgan fingerprint density at radius 2 is 2.00 bits per heavy atom. The van der Waals surface area contributed by atoms with Crippen LogP contribution in [-0.2, 0) is 11.3 Å². The Morgan fingerprint density at radius 3 is 2.72 bits per heavy atom. The third-order valence-corrected chi connectivity index (χ3v) is 5.63. The van der Waals surface area contributed by atoms with E-state index in [-0.39, 0.29) is 0 Å². The van der Waals surface area contributed by atoms with Crippen LogP contribution in [0.5, 0.6) is 5.75 Å². The van der Waals surface area contributed by atoms with Crippen molar-refractivity contribution in [2.75, 3.05) is 26.8 Å². The zero-order valence-electron chi connectivity index (χ0n) is 17.6. The van der Waals surface area contributed by atoms with Gasteiger partial charge in [-0.1, -0.05) is 31.2 Å². The highest BCUT2D eigenvalue weighted by Crippen LogP contribution is 2.34. The predicted molar refractivity (Wildman–Crippen MR) is 115 cm³/mol. The lowest BCUT2D eigenvalue weighted by molar-refractivity contribution is 0.0701. The number of hydrogen-bond donors (Lipinski definition) is 0. The number of fused-ring (bicyclic) bond motifs is 1. The summed E-state index contributed by atoms with van der Waals surface area (Å²) in [5.74, 6) is 2.41. The van der Waals surface area contributed by atoms with E-state index in [1.165, 1.54) is 6.42 Å². The molecule has 29 heavy (non-hydrogen) atoms. The Labute approximate surface area is 172 Å². The van der Waals surface area contributed by atoms with Gasteiger partial charge in [-0.3, -0.25) is 4.90 Å². The van der Waals surface area contributed by atoms with Gasteiger partial charge in [-0.25, -0.2) is 4.98 Å². The first-order valence-electron chi connectivity index (χ1n) is 10.6. The van der Waals surface area contributed by atoms with E-state index in [0.717, 1.165) is 72.6 Å². The minimum atomic E-state index is 0.346. The van der Waals surface area contributed by atoms with Crippen molar-refractivity contribution in [2.24, 2.45) is 0 Å². The lowest BCUT2D eigenvalue weighted by Gasteiger charge is -2.23. The second kappa shape index (κ2) is 8.97. The molecule has 5 nitrogen and oxygen atoms in total. The molecule has 1 aliphatic heterocycles. The molecule has 1 atom stereocenters. The maximum Gasteiger partial charge on any atom is 0.227 e. The molecule has 1 saturated heterocycles. The van der Waals surface area contributed by atoms with Gasteiger partial charge in [0.15, 0.2) is 0 Å². The van der Waals surface area contributed by atoms with E-state index in [9.17, 15) is 0 Å². The predicted octanol–water partition coefficient (Wildman–Crippen LogP) is 5.20. The van der Waals surface area contributed by atoms with Crippen LogP contribution in [0.15, 0.2) is 40.8 Å². The van der Waals surface area contributed by atoms with Gasteiger partial charge < -0.3 is 13.9 Å². The molecule has 2 aromatic carbocycles. The molecule has 0 amide bonds. The van der Waals surface area contributed by atoms with Crippen LogP contribution in [0.1, 0.15) is 37.6 Å². The fourth-order valence-corrected chi connectivity index (χ4v) is 4.17. The third-order valence-electron chi connectivity index (χ3n) is 5.63. The van der Waals surface area contributed by atoms with Gasteiger partial charge in [0, 0.05) is 30.6 Å². The van der Waals surface area contributed by atoms with Crippen LogP contribution in [-0.4, -0.2) is 42.8 Å². The van der Waals surface area contributed by atoms with E-state index in [0.29, 0.717) is 12.0 Å². The van der Waals surface area contributed by atoms with Crippen LogP contribution >= 0.6 is 0 Å². The van der Waals surface area contributed by atoms with Crippen molar-refractivity contribution in [3.8, 4) is 17.2 Å². The highest BCUT2D eigenvalue weighted by Gasteiger charge is 2.22. The molecular formula is C24H30N2O3. The fraction of sp³-hybridized carbons (Fsp3) is 0.458. The summed E-state index contributed by atoms with van der Waals surface area (Å²) in [5.41, 5.74) is 2.00. The molecule has 2 heterocycles. The number of rotatable bonds is 8. The smallest absolute Gasteiger partial charge is 0.227 e. The van der Waals surface area contributed by atoms with Gasteiger partial charge in [0.25, 0.3) is 0 Å². The minimum Gasteiger partial charge on any atom is -0.496 e. The summed E-state index contributed by atoms with van der Waals surface area (Å²) in [4.78, 5) is 7.33. The quantitative estimate of drug-likeness (QED) is 0.525. The van der Waals surface area contributed by atoms with Crippen molar-refractivity contribution in [3.63, 3.8) is 0 Å². The van der Waals surface area contributed by atoms with Gasteiger partial charge in [-0.15, -0.1) is 0 Å². The molecule has 4 rings (SSSR count). The topological polar surface area (TPSA) is 47.7 Å². The monoisotopic (exact) mass is 394 g/mol. The van der Waals surface area contributed by atoms with Gasteiger partial charge in [0.2, 0.25) is 5.89 Å². The van der Waals surface area contributed by atoms with Gasteiger partial charge in [0.05, 0.1) is 18.9 Å². The molecule has 0 bridgehead atoms. The molecule has 154 valence electrons. The molecule has 0 unspecified atom stereocenters. The second-order valence-corrected chi connectivity index (χ2v) is 7.75. The molecule has 0 N–H and O–H groups in total. The first kappa shape index (κ1) is 19.9. The third kappa shape index (κ3) is 4.31. The summed E-state index contributed by atoms with van der Waals surface area (Å²) >= 11 is 0. The number of nitrogens with zero attached hydrogens (tertiary/aromatic N) is 2. The second-order valence-electron chi connectivity index (χ2n) is 7.75. The Kier molecular flexibility index (Phi) is 6.16. The number of aromatic nitrogens is 1. The molecule has 1 aromatic heterocycles. The Morgan fingerprint density at radius 1 is 1.17 bits per heavy atom.